The van der Waals surface area contributed by atoms with E-state index in [0.717, 1.165) is 38.9 Å². The molecule has 0 aromatic heterocycles. The highest BCUT2D eigenvalue weighted by molar-refractivity contribution is 4.82. The van der Waals surface area contributed by atoms with Crippen molar-refractivity contribution in [3.63, 3.8) is 0 Å². The van der Waals surface area contributed by atoms with Crippen LogP contribution in [0.2, 0.25) is 0 Å². The Hall–Kier alpha value is -0.120. The second kappa shape index (κ2) is 6.46. The Morgan fingerprint density at radius 1 is 1.47 bits per heavy atom. The third-order valence-electron chi connectivity index (χ3n) is 3.45. The van der Waals surface area contributed by atoms with Crippen molar-refractivity contribution in [2.45, 2.75) is 57.7 Å². The van der Waals surface area contributed by atoms with E-state index in [4.69, 9.17) is 4.74 Å². The van der Waals surface area contributed by atoms with Crippen LogP contribution in [0.3, 0.4) is 0 Å². The minimum absolute atomic E-state index is 0.189. The van der Waals surface area contributed by atoms with Crippen molar-refractivity contribution in [1.82, 2.24) is 4.90 Å². The topological polar surface area (TPSA) is 32.7 Å². The summed E-state index contributed by atoms with van der Waals surface area (Å²) in [5.41, 5.74) is 0. The lowest BCUT2D eigenvalue weighted by atomic mass is 10.0. The molecule has 1 saturated heterocycles. The van der Waals surface area contributed by atoms with Gasteiger partial charge in [-0.05, 0) is 26.3 Å². The molecular weight excluding hydrogens is 190 g/mol. The predicted molar refractivity (Wildman–Crippen MR) is 62.0 cm³/mol. The number of aliphatic hydroxyl groups excluding tert-OH is 1. The molecule has 15 heavy (non-hydrogen) atoms. The summed E-state index contributed by atoms with van der Waals surface area (Å²) < 4.78 is 5.39. The summed E-state index contributed by atoms with van der Waals surface area (Å²) in [6.45, 7) is 5.96. The van der Waals surface area contributed by atoms with Gasteiger partial charge < -0.3 is 9.84 Å². The molecule has 0 aromatic rings. The SMILES string of the molecule is CCCC(O)C(CC)N(C)C1CCOC1. The summed E-state index contributed by atoms with van der Waals surface area (Å²) in [5.74, 6) is 0. The standard InChI is InChI=1S/C12H25NO2/c1-4-6-12(14)11(5-2)13(3)10-7-8-15-9-10/h10-12,14H,4-9H2,1-3H3. The fraction of sp³-hybridized carbons (Fsp3) is 1.00. The molecule has 0 aliphatic carbocycles. The zero-order chi connectivity index (χ0) is 11.3. The summed E-state index contributed by atoms with van der Waals surface area (Å²) in [5, 5.41) is 10.1. The molecule has 1 aliphatic heterocycles. The zero-order valence-corrected chi connectivity index (χ0v) is 10.3. The molecule has 3 unspecified atom stereocenters. The third-order valence-corrected chi connectivity index (χ3v) is 3.45. The van der Waals surface area contributed by atoms with Gasteiger partial charge in [-0.25, -0.2) is 0 Å². The van der Waals surface area contributed by atoms with Gasteiger partial charge in [0.1, 0.15) is 0 Å². The van der Waals surface area contributed by atoms with E-state index in [0.29, 0.717) is 6.04 Å². The maximum Gasteiger partial charge on any atom is 0.0695 e. The molecule has 0 saturated carbocycles. The van der Waals surface area contributed by atoms with E-state index in [1.54, 1.807) is 0 Å². The van der Waals surface area contributed by atoms with Crippen LogP contribution in [-0.2, 0) is 4.74 Å². The van der Waals surface area contributed by atoms with E-state index in [1.165, 1.54) is 0 Å². The lowest BCUT2D eigenvalue weighted by Gasteiger charge is -2.34. The molecule has 0 bridgehead atoms. The number of hydrogen-bond donors (Lipinski definition) is 1. The van der Waals surface area contributed by atoms with E-state index >= 15 is 0 Å². The molecule has 90 valence electrons. The third kappa shape index (κ3) is 3.44. The normalized spacial score (nSPS) is 25.8. The quantitative estimate of drug-likeness (QED) is 0.731. The van der Waals surface area contributed by atoms with Crippen molar-refractivity contribution in [1.29, 1.82) is 0 Å². The molecule has 0 aromatic carbocycles. The smallest absolute Gasteiger partial charge is 0.0695 e. The first-order valence-corrected chi connectivity index (χ1v) is 6.18. The summed E-state index contributed by atoms with van der Waals surface area (Å²) >= 11 is 0. The first-order chi connectivity index (χ1) is 7.20. The molecule has 0 amide bonds. The second-order valence-electron chi connectivity index (χ2n) is 4.51. The van der Waals surface area contributed by atoms with Crippen LogP contribution < -0.4 is 0 Å². The average molecular weight is 215 g/mol. The summed E-state index contributed by atoms with van der Waals surface area (Å²) in [6.07, 6.45) is 3.87. The Morgan fingerprint density at radius 2 is 2.20 bits per heavy atom. The zero-order valence-electron chi connectivity index (χ0n) is 10.3. The fourth-order valence-corrected chi connectivity index (χ4v) is 2.43. The molecule has 1 aliphatic rings. The molecule has 1 N–H and O–H groups in total. The van der Waals surface area contributed by atoms with E-state index in [2.05, 4.69) is 25.8 Å². The van der Waals surface area contributed by atoms with Gasteiger partial charge in [-0.15, -0.1) is 0 Å². The van der Waals surface area contributed by atoms with Crippen LogP contribution in [0.25, 0.3) is 0 Å². The van der Waals surface area contributed by atoms with E-state index in [-0.39, 0.29) is 12.1 Å². The van der Waals surface area contributed by atoms with Crippen LogP contribution in [0.5, 0.6) is 0 Å². The highest BCUT2D eigenvalue weighted by Gasteiger charge is 2.28. The van der Waals surface area contributed by atoms with E-state index in [9.17, 15) is 5.11 Å². The van der Waals surface area contributed by atoms with Gasteiger partial charge in [0.2, 0.25) is 0 Å². The van der Waals surface area contributed by atoms with Crippen molar-refractivity contribution in [2.75, 3.05) is 20.3 Å². The Bertz CT molecular complexity index is 169. The molecule has 3 heteroatoms. The van der Waals surface area contributed by atoms with E-state index < -0.39 is 0 Å². The molecule has 3 atom stereocenters. The van der Waals surface area contributed by atoms with Gasteiger partial charge >= 0.3 is 0 Å². The maximum absolute atomic E-state index is 10.1. The summed E-state index contributed by atoms with van der Waals surface area (Å²) in [4.78, 5) is 2.31. The lowest BCUT2D eigenvalue weighted by Crippen LogP contribution is -2.46. The van der Waals surface area contributed by atoms with Crippen LogP contribution in [0, 0.1) is 0 Å². The molecule has 1 fully saturated rings. The van der Waals surface area contributed by atoms with Crippen molar-refractivity contribution in [2.24, 2.45) is 0 Å². The second-order valence-corrected chi connectivity index (χ2v) is 4.51. The van der Waals surface area contributed by atoms with Crippen LogP contribution in [-0.4, -0.2) is 48.5 Å². The monoisotopic (exact) mass is 215 g/mol. The molecular formula is C12H25NO2. The first-order valence-electron chi connectivity index (χ1n) is 6.18. The predicted octanol–water partition coefficient (Wildman–Crippen LogP) is 1.65. The molecule has 1 rings (SSSR count). The summed E-state index contributed by atoms with van der Waals surface area (Å²) in [7, 11) is 2.12. The first kappa shape index (κ1) is 12.9. The highest BCUT2D eigenvalue weighted by atomic mass is 16.5. The van der Waals surface area contributed by atoms with Crippen molar-refractivity contribution < 1.29 is 9.84 Å². The Balaban J connectivity index is 2.48. The fourth-order valence-electron chi connectivity index (χ4n) is 2.43. The average Bonchev–Trinajstić information content (AvgIpc) is 2.71. The summed E-state index contributed by atoms with van der Waals surface area (Å²) in [6, 6.07) is 0.790. The van der Waals surface area contributed by atoms with Gasteiger partial charge in [0.25, 0.3) is 0 Å². The number of likely N-dealkylation sites (N-methyl/N-ethyl adjacent to an activating group) is 1. The Morgan fingerprint density at radius 3 is 2.67 bits per heavy atom. The molecule has 0 spiro atoms. The van der Waals surface area contributed by atoms with Crippen LogP contribution in [0.1, 0.15) is 39.5 Å². The van der Waals surface area contributed by atoms with Gasteiger partial charge in [0, 0.05) is 18.7 Å². The van der Waals surface area contributed by atoms with Crippen LogP contribution >= 0.6 is 0 Å². The molecule has 3 nitrogen and oxygen atoms in total. The number of rotatable bonds is 6. The van der Waals surface area contributed by atoms with E-state index in [1.807, 2.05) is 0 Å². The largest absolute Gasteiger partial charge is 0.391 e. The lowest BCUT2D eigenvalue weighted by molar-refractivity contribution is 0.0293. The maximum atomic E-state index is 10.1. The van der Waals surface area contributed by atoms with Crippen LogP contribution in [0.4, 0.5) is 0 Å². The Kier molecular flexibility index (Phi) is 5.58. The number of aliphatic hydroxyl groups is 1. The Labute approximate surface area is 93.4 Å². The highest BCUT2D eigenvalue weighted by Crippen LogP contribution is 2.19. The van der Waals surface area contributed by atoms with Crippen LogP contribution in [0.15, 0.2) is 0 Å². The van der Waals surface area contributed by atoms with Gasteiger partial charge in [0.15, 0.2) is 0 Å². The van der Waals surface area contributed by atoms with Crippen molar-refractivity contribution in [3.8, 4) is 0 Å². The molecule has 0 radical (unpaired) electrons. The van der Waals surface area contributed by atoms with Gasteiger partial charge in [-0.1, -0.05) is 20.3 Å². The molecule has 1 heterocycles. The van der Waals surface area contributed by atoms with Crippen molar-refractivity contribution in [3.05, 3.63) is 0 Å². The number of nitrogens with zero attached hydrogens (tertiary/aromatic N) is 1. The number of hydrogen-bond acceptors (Lipinski definition) is 3. The minimum atomic E-state index is -0.189. The number of ether oxygens (including phenoxy) is 1. The van der Waals surface area contributed by atoms with Crippen molar-refractivity contribution >= 4 is 0 Å². The van der Waals surface area contributed by atoms with Gasteiger partial charge in [-0.3, -0.25) is 4.90 Å². The van der Waals surface area contributed by atoms with Gasteiger partial charge in [0.05, 0.1) is 12.7 Å². The van der Waals surface area contributed by atoms with Gasteiger partial charge in [-0.2, -0.15) is 0 Å². The minimum Gasteiger partial charge on any atom is -0.391 e.